The van der Waals surface area contributed by atoms with Gasteiger partial charge in [0.25, 0.3) is 0 Å². The van der Waals surface area contributed by atoms with E-state index in [1.54, 1.807) is 0 Å². The van der Waals surface area contributed by atoms with E-state index in [4.69, 9.17) is 20.7 Å². The third-order valence-corrected chi connectivity index (χ3v) is 8.37. The van der Waals surface area contributed by atoms with Crippen LogP contribution in [0.5, 0.6) is 0 Å². The summed E-state index contributed by atoms with van der Waals surface area (Å²) in [6.45, 7) is 0. The number of benzene rings is 4. The summed E-state index contributed by atoms with van der Waals surface area (Å²) in [5.41, 5.74) is 16.1. The molecule has 2 N–H and O–H groups in total. The maximum atomic E-state index is 6.99. The number of allylic oxidation sites excluding steroid dienone is 7. The number of fused-ring (bicyclic) bond motifs is 4. The molecule has 4 aromatic carbocycles. The first kappa shape index (κ1) is 27.4. The van der Waals surface area contributed by atoms with Crippen LogP contribution in [0.2, 0.25) is 0 Å². The van der Waals surface area contributed by atoms with E-state index in [1.165, 1.54) is 0 Å². The molecule has 0 bridgehead atoms. The number of pyridine rings is 2. The number of aromatic nitrogens is 4. The molecular weight excluding hydrogens is 562 g/mol. The minimum Gasteiger partial charge on any atom is -0.398 e. The molecular formula is C41H29N5. The Kier molecular flexibility index (Phi) is 6.97. The van der Waals surface area contributed by atoms with Crippen LogP contribution in [-0.2, 0) is 0 Å². The molecule has 0 aliphatic heterocycles. The van der Waals surface area contributed by atoms with Crippen molar-refractivity contribution in [3.63, 3.8) is 0 Å². The average molecular weight is 592 g/mol. The third-order valence-electron chi connectivity index (χ3n) is 8.37. The molecule has 0 saturated heterocycles. The van der Waals surface area contributed by atoms with Crippen LogP contribution in [0.1, 0.15) is 17.7 Å². The van der Waals surface area contributed by atoms with Crippen molar-refractivity contribution in [3.05, 3.63) is 169 Å². The SMILES string of the molecule is N/C(=C(\C=C1\C=CC=CC1)c1ncc(-c2ccc3ccc4ccccc4c3n2)nc1-c1ccc2cccnc2c1)c1ccccc1. The van der Waals surface area contributed by atoms with E-state index >= 15 is 0 Å². The van der Waals surface area contributed by atoms with Gasteiger partial charge in [-0.3, -0.25) is 9.97 Å². The van der Waals surface area contributed by atoms with E-state index in [-0.39, 0.29) is 0 Å². The summed E-state index contributed by atoms with van der Waals surface area (Å²) in [7, 11) is 0. The fourth-order valence-corrected chi connectivity index (χ4v) is 5.99. The summed E-state index contributed by atoms with van der Waals surface area (Å²) in [6, 6.07) is 37.0. The smallest absolute Gasteiger partial charge is 0.108 e. The monoisotopic (exact) mass is 591 g/mol. The Morgan fingerprint density at radius 3 is 2.39 bits per heavy atom. The third kappa shape index (κ3) is 5.14. The standard InChI is InChI=1S/C41H29N5/c42-38(30-13-5-2-6-14-30)34(24-27-10-3-1-4-11-27)41-40(32-20-18-29-15-9-23-43-36(29)25-32)46-37(26-44-41)35-22-21-31-19-17-28-12-7-8-16-33(28)39(31)45-35/h1-10,12-26H,11,42H2/b27-24-,38-34+. The molecule has 0 spiro atoms. The van der Waals surface area contributed by atoms with Crippen molar-refractivity contribution in [1.82, 2.24) is 19.9 Å². The number of rotatable bonds is 5. The van der Waals surface area contributed by atoms with Crippen LogP contribution < -0.4 is 5.73 Å². The summed E-state index contributed by atoms with van der Waals surface area (Å²) >= 11 is 0. The predicted octanol–water partition coefficient (Wildman–Crippen LogP) is 9.33. The van der Waals surface area contributed by atoms with Crippen molar-refractivity contribution in [2.75, 3.05) is 0 Å². The van der Waals surface area contributed by atoms with Gasteiger partial charge in [-0.25, -0.2) is 9.97 Å². The van der Waals surface area contributed by atoms with Crippen LogP contribution in [0.25, 0.3) is 66.5 Å². The average Bonchev–Trinajstić information content (AvgIpc) is 3.13. The maximum Gasteiger partial charge on any atom is 0.108 e. The van der Waals surface area contributed by atoms with Crippen molar-refractivity contribution in [2.45, 2.75) is 6.42 Å². The summed E-state index contributed by atoms with van der Waals surface area (Å²) in [4.78, 5) is 20.2. The molecule has 0 atom stereocenters. The van der Waals surface area contributed by atoms with Gasteiger partial charge >= 0.3 is 0 Å². The number of hydrogen-bond donors (Lipinski definition) is 1. The normalized spacial score (nSPS) is 14.3. The van der Waals surface area contributed by atoms with E-state index in [0.717, 1.165) is 67.0 Å². The van der Waals surface area contributed by atoms with Gasteiger partial charge in [0, 0.05) is 39.2 Å². The van der Waals surface area contributed by atoms with Crippen molar-refractivity contribution in [1.29, 1.82) is 0 Å². The lowest BCUT2D eigenvalue weighted by Crippen LogP contribution is -2.06. The van der Waals surface area contributed by atoms with Crippen LogP contribution >= 0.6 is 0 Å². The topological polar surface area (TPSA) is 77.6 Å². The first-order valence-corrected chi connectivity index (χ1v) is 15.3. The zero-order valence-electron chi connectivity index (χ0n) is 25.0. The first-order chi connectivity index (χ1) is 22.7. The highest BCUT2D eigenvalue weighted by atomic mass is 14.9. The van der Waals surface area contributed by atoms with Gasteiger partial charge in [-0.05, 0) is 47.2 Å². The van der Waals surface area contributed by atoms with E-state index in [2.05, 4.69) is 83.9 Å². The van der Waals surface area contributed by atoms with E-state index in [9.17, 15) is 0 Å². The van der Waals surface area contributed by atoms with E-state index < -0.39 is 0 Å². The molecule has 5 heteroatoms. The van der Waals surface area contributed by atoms with Crippen LogP contribution in [-0.4, -0.2) is 19.9 Å². The van der Waals surface area contributed by atoms with Gasteiger partial charge in [-0.2, -0.15) is 0 Å². The van der Waals surface area contributed by atoms with Gasteiger partial charge in [0.2, 0.25) is 0 Å². The van der Waals surface area contributed by atoms with Crippen LogP contribution in [0.4, 0.5) is 0 Å². The van der Waals surface area contributed by atoms with Gasteiger partial charge in [0.15, 0.2) is 0 Å². The van der Waals surface area contributed by atoms with Gasteiger partial charge in [-0.15, -0.1) is 0 Å². The molecule has 0 fully saturated rings. The maximum absolute atomic E-state index is 6.99. The molecule has 0 saturated carbocycles. The Balaban J connectivity index is 1.37. The molecule has 3 aromatic heterocycles. The second-order valence-electron chi connectivity index (χ2n) is 11.3. The molecule has 46 heavy (non-hydrogen) atoms. The molecule has 0 unspecified atom stereocenters. The highest BCUT2D eigenvalue weighted by Gasteiger charge is 2.19. The lowest BCUT2D eigenvalue weighted by molar-refractivity contribution is 1.16. The van der Waals surface area contributed by atoms with Crippen molar-refractivity contribution >= 4 is 43.8 Å². The van der Waals surface area contributed by atoms with Gasteiger partial charge in [0.1, 0.15) is 5.69 Å². The van der Waals surface area contributed by atoms with E-state index in [1.807, 2.05) is 73.1 Å². The van der Waals surface area contributed by atoms with E-state index in [0.29, 0.717) is 22.8 Å². The first-order valence-electron chi connectivity index (χ1n) is 15.3. The zero-order valence-corrected chi connectivity index (χ0v) is 25.0. The molecule has 5 nitrogen and oxygen atoms in total. The summed E-state index contributed by atoms with van der Waals surface area (Å²) < 4.78 is 0. The highest BCUT2D eigenvalue weighted by molar-refractivity contribution is 6.05. The molecule has 0 amide bonds. The molecule has 3 heterocycles. The fourth-order valence-electron chi connectivity index (χ4n) is 5.99. The molecule has 218 valence electrons. The zero-order chi connectivity index (χ0) is 30.9. The van der Waals surface area contributed by atoms with Gasteiger partial charge in [0.05, 0.1) is 34.3 Å². The Morgan fingerprint density at radius 1 is 0.696 bits per heavy atom. The Morgan fingerprint density at radius 2 is 1.50 bits per heavy atom. The lowest BCUT2D eigenvalue weighted by atomic mass is 9.95. The number of hydrogen-bond acceptors (Lipinski definition) is 5. The fraction of sp³-hybridized carbons (Fsp3) is 0.0244. The van der Waals surface area contributed by atoms with Crippen molar-refractivity contribution in [2.24, 2.45) is 5.73 Å². The minimum absolute atomic E-state index is 0.633. The van der Waals surface area contributed by atoms with Crippen LogP contribution in [0.15, 0.2) is 158 Å². The van der Waals surface area contributed by atoms with Crippen molar-refractivity contribution < 1.29 is 0 Å². The number of nitrogens with two attached hydrogens (primary N) is 1. The Hall–Kier alpha value is -6.20. The molecule has 1 aliphatic rings. The summed E-state index contributed by atoms with van der Waals surface area (Å²) in [6.07, 6.45) is 14.9. The number of nitrogens with zero attached hydrogens (tertiary/aromatic N) is 4. The van der Waals surface area contributed by atoms with Gasteiger partial charge < -0.3 is 5.73 Å². The largest absolute Gasteiger partial charge is 0.398 e. The second-order valence-corrected chi connectivity index (χ2v) is 11.3. The highest BCUT2D eigenvalue weighted by Crippen LogP contribution is 2.35. The molecule has 7 aromatic rings. The van der Waals surface area contributed by atoms with Crippen LogP contribution in [0, 0.1) is 0 Å². The minimum atomic E-state index is 0.633. The quantitative estimate of drug-likeness (QED) is 0.202. The Labute approximate surface area is 266 Å². The second kappa shape index (κ2) is 11.7. The summed E-state index contributed by atoms with van der Waals surface area (Å²) in [5.74, 6) is 0. The summed E-state index contributed by atoms with van der Waals surface area (Å²) in [5, 5.41) is 4.39. The predicted molar refractivity (Wildman–Crippen MR) is 189 cm³/mol. The molecule has 8 rings (SSSR count). The van der Waals surface area contributed by atoms with Crippen molar-refractivity contribution in [3.8, 4) is 22.6 Å². The lowest BCUT2D eigenvalue weighted by Gasteiger charge is -2.16. The van der Waals surface area contributed by atoms with Gasteiger partial charge in [-0.1, -0.05) is 115 Å². The van der Waals surface area contributed by atoms with Crippen LogP contribution in [0.3, 0.4) is 0 Å². The Bertz CT molecular complexity index is 2400. The molecule has 1 aliphatic carbocycles. The molecule has 0 radical (unpaired) electrons.